The van der Waals surface area contributed by atoms with Crippen molar-refractivity contribution in [2.75, 3.05) is 0 Å². The summed E-state index contributed by atoms with van der Waals surface area (Å²) in [5, 5.41) is 18.0. The molecule has 3 aromatic rings. The first kappa shape index (κ1) is 11.8. The van der Waals surface area contributed by atoms with Gasteiger partial charge >= 0.3 is 0 Å². The minimum Gasteiger partial charge on any atom is -0.387 e. The second-order valence-electron chi connectivity index (χ2n) is 4.36. The Labute approximate surface area is 110 Å². The van der Waals surface area contributed by atoms with Crippen LogP contribution in [-0.4, -0.2) is 25.1 Å². The second-order valence-corrected chi connectivity index (χ2v) is 4.36. The van der Waals surface area contributed by atoms with Gasteiger partial charge in [0.15, 0.2) is 0 Å². The van der Waals surface area contributed by atoms with Crippen LogP contribution >= 0.6 is 0 Å². The highest BCUT2D eigenvalue weighted by Crippen LogP contribution is 2.18. The molecule has 5 nitrogen and oxygen atoms in total. The van der Waals surface area contributed by atoms with Gasteiger partial charge < -0.3 is 5.11 Å². The molecule has 0 spiro atoms. The van der Waals surface area contributed by atoms with Crippen LogP contribution in [0.25, 0.3) is 16.7 Å². The fraction of sp³-hybridized carbons (Fsp3) is 0.214. The average molecular weight is 254 g/mol. The van der Waals surface area contributed by atoms with Gasteiger partial charge in [0.2, 0.25) is 0 Å². The third-order valence-electron chi connectivity index (χ3n) is 3.10. The number of rotatable bonds is 3. The predicted octanol–water partition coefficient (Wildman–Crippen LogP) is 2.26. The van der Waals surface area contributed by atoms with Gasteiger partial charge in [-0.25, -0.2) is 4.68 Å². The number of aromatic nitrogens is 4. The second kappa shape index (κ2) is 4.78. The maximum atomic E-state index is 9.73. The number of nitrogens with zero attached hydrogens (tertiary/aromatic N) is 4. The van der Waals surface area contributed by atoms with E-state index in [4.69, 9.17) is 0 Å². The SMILES string of the molecule is CCC(O)c1ccc(-n2nnc3ccccc32)cn1. The Morgan fingerprint density at radius 3 is 2.79 bits per heavy atom. The van der Waals surface area contributed by atoms with Gasteiger partial charge in [-0.05, 0) is 30.7 Å². The number of aliphatic hydroxyl groups excluding tert-OH is 1. The molecule has 19 heavy (non-hydrogen) atoms. The Hall–Kier alpha value is -2.27. The fourth-order valence-corrected chi connectivity index (χ4v) is 1.99. The number of hydrogen-bond acceptors (Lipinski definition) is 4. The molecule has 1 atom stereocenters. The van der Waals surface area contributed by atoms with Gasteiger partial charge in [0.25, 0.3) is 0 Å². The van der Waals surface area contributed by atoms with Crippen LogP contribution in [0.2, 0.25) is 0 Å². The van der Waals surface area contributed by atoms with Crippen LogP contribution in [0.1, 0.15) is 25.1 Å². The van der Waals surface area contributed by atoms with Crippen LogP contribution in [0, 0.1) is 0 Å². The Morgan fingerprint density at radius 1 is 1.21 bits per heavy atom. The molecule has 0 aliphatic rings. The third-order valence-corrected chi connectivity index (χ3v) is 3.10. The lowest BCUT2D eigenvalue weighted by Gasteiger charge is -2.08. The number of para-hydroxylation sites is 1. The van der Waals surface area contributed by atoms with E-state index in [0.29, 0.717) is 12.1 Å². The Bertz CT molecular complexity index is 690. The number of pyridine rings is 1. The van der Waals surface area contributed by atoms with Gasteiger partial charge in [-0.15, -0.1) is 5.10 Å². The van der Waals surface area contributed by atoms with Crippen LogP contribution in [-0.2, 0) is 0 Å². The summed E-state index contributed by atoms with van der Waals surface area (Å²) in [6.45, 7) is 1.92. The van der Waals surface area contributed by atoms with Crippen molar-refractivity contribution in [2.24, 2.45) is 0 Å². The average Bonchev–Trinajstić information content (AvgIpc) is 2.90. The molecule has 5 heteroatoms. The van der Waals surface area contributed by atoms with Crippen molar-refractivity contribution < 1.29 is 5.11 Å². The van der Waals surface area contributed by atoms with Crippen molar-refractivity contribution in [2.45, 2.75) is 19.4 Å². The maximum Gasteiger partial charge on any atom is 0.113 e. The number of aliphatic hydroxyl groups is 1. The Balaban J connectivity index is 2.02. The molecule has 0 bridgehead atoms. The molecule has 0 aliphatic carbocycles. The standard InChI is InChI=1S/C14H14N4O/c1-2-14(19)12-8-7-10(9-15-12)18-13-6-4-3-5-11(13)16-17-18/h3-9,14,19H,2H2,1H3. The van der Waals surface area contributed by atoms with E-state index in [0.717, 1.165) is 16.7 Å². The molecular weight excluding hydrogens is 240 g/mol. The van der Waals surface area contributed by atoms with Crippen molar-refractivity contribution in [1.29, 1.82) is 0 Å². The fourth-order valence-electron chi connectivity index (χ4n) is 1.99. The number of benzene rings is 1. The third kappa shape index (κ3) is 2.08. The van der Waals surface area contributed by atoms with Gasteiger partial charge in [-0.1, -0.05) is 24.3 Å². The summed E-state index contributed by atoms with van der Waals surface area (Å²) in [5.74, 6) is 0. The lowest BCUT2D eigenvalue weighted by molar-refractivity contribution is 0.169. The van der Waals surface area contributed by atoms with E-state index >= 15 is 0 Å². The van der Waals surface area contributed by atoms with Gasteiger partial charge in [0.1, 0.15) is 5.52 Å². The van der Waals surface area contributed by atoms with Crippen LogP contribution in [0.3, 0.4) is 0 Å². The highest BCUT2D eigenvalue weighted by atomic mass is 16.3. The van der Waals surface area contributed by atoms with E-state index in [1.807, 2.05) is 43.3 Å². The Morgan fingerprint density at radius 2 is 2.05 bits per heavy atom. The topological polar surface area (TPSA) is 63.8 Å². The molecule has 0 saturated heterocycles. The smallest absolute Gasteiger partial charge is 0.113 e. The Kier molecular flexibility index (Phi) is 2.97. The van der Waals surface area contributed by atoms with Crippen LogP contribution in [0.5, 0.6) is 0 Å². The predicted molar refractivity (Wildman–Crippen MR) is 71.9 cm³/mol. The minimum atomic E-state index is -0.512. The molecule has 1 aromatic carbocycles. The molecule has 0 fully saturated rings. The van der Waals surface area contributed by atoms with E-state index in [9.17, 15) is 5.11 Å². The molecule has 1 N–H and O–H groups in total. The van der Waals surface area contributed by atoms with E-state index in [-0.39, 0.29) is 0 Å². The van der Waals surface area contributed by atoms with E-state index in [2.05, 4.69) is 15.3 Å². The van der Waals surface area contributed by atoms with Gasteiger partial charge in [-0.2, -0.15) is 0 Å². The first-order valence-corrected chi connectivity index (χ1v) is 6.24. The highest BCUT2D eigenvalue weighted by Gasteiger charge is 2.09. The summed E-state index contributed by atoms with van der Waals surface area (Å²) < 4.78 is 1.74. The molecule has 0 amide bonds. The molecule has 2 heterocycles. The highest BCUT2D eigenvalue weighted by molar-refractivity contribution is 5.75. The van der Waals surface area contributed by atoms with Crippen LogP contribution in [0.15, 0.2) is 42.6 Å². The summed E-state index contributed by atoms with van der Waals surface area (Å²) in [7, 11) is 0. The minimum absolute atomic E-state index is 0.512. The lowest BCUT2D eigenvalue weighted by Crippen LogP contribution is -2.02. The molecule has 0 radical (unpaired) electrons. The summed E-state index contributed by atoms with van der Waals surface area (Å²) in [4.78, 5) is 4.27. The molecule has 3 rings (SSSR count). The lowest BCUT2D eigenvalue weighted by atomic mass is 10.2. The van der Waals surface area contributed by atoms with Crippen molar-refractivity contribution >= 4 is 11.0 Å². The van der Waals surface area contributed by atoms with Crippen LogP contribution < -0.4 is 0 Å². The molecule has 0 aliphatic heterocycles. The molecular formula is C14H14N4O. The van der Waals surface area contributed by atoms with Crippen molar-refractivity contribution in [3.63, 3.8) is 0 Å². The van der Waals surface area contributed by atoms with Gasteiger partial charge in [-0.3, -0.25) is 4.98 Å². The van der Waals surface area contributed by atoms with Crippen molar-refractivity contribution in [3.05, 3.63) is 48.3 Å². The zero-order chi connectivity index (χ0) is 13.2. The van der Waals surface area contributed by atoms with Gasteiger partial charge in [0.05, 0.1) is 29.2 Å². The molecule has 96 valence electrons. The quantitative estimate of drug-likeness (QED) is 0.778. The summed E-state index contributed by atoms with van der Waals surface area (Å²) >= 11 is 0. The zero-order valence-electron chi connectivity index (χ0n) is 10.6. The molecule has 1 unspecified atom stereocenters. The summed E-state index contributed by atoms with van der Waals surface area (Å²) in [5.41, 5.74) is 3.30. The van der Waals surface area contributed by atoms with Crippen molar-refractivity contribution in [1.82, 2.24) is 20.0 Å². The number of hydrogen-bond donors (Lipinski definition) is 1. The van der Waals surface area contributed by atoms with Gasteiger partial charge in [0, 0.05) is 0 Å². The first-order valence-electron chi connectivity index (χ1n) is 6.24. The molecule has 0 saturated carbocycles. The largest absolute Gasteiger partial charge is 0.387 e. The van der Waals surface area contributed by atoms with E-state index in [1.54, 1.807) is 10.9 Å². The van der Waals surface area contributed by atoms with Crippen molar-refractivity contribution in [3.8, 4) is 5.69 Å². The number of fused-ring (bicyclic) bond motifs is 1. The summed E-state index contributed by atoms with van der Waals surface area (Å²) in [6, 6.07) is 11.5. The summed E-state index contributed by atoms with van der Waals surface area (Å²) in [6.07, 6.45) is 1.84. The zero-order valence-corrected chi connectivity index (χ0v) is 10.6. The van der Waals surface area contributed by atoms with Crippen LogP contribution in [0.4, 0.5) is 0 Å². The monoisotopic (exact) mass is 254 g/mol. The molecule has 2 aromatic heterocycles. The normalized spacial score (nSPS) is 12.7. The van der Waals surface area contributed by atoms with E-state index < -0.39 is 6.10 Å². The first-order chi connectivity index (χ1) is 9.29. The maximum absolute atomic E-state index is 9.73. The van der Waals surface area contributed by atoms with E-state index in [1.165, 1.54) is 0 Å².